The Morgan fingerprint density at radius 2 is 0.793 bits per heavy atom. The van der Waals surface area contributed by atoms with Crippen molar-refractivity contribution in [1.29, 1.82) is 0 Å². The Morgan fingerprint density at radius 1 is 0.483 bits per heavy atom. The molecule has 5 nitrogen and oxygen atoms in total. The Bertz CT molecular complexity index is 969. The molecule has 152 valence electrons. The van der Waals surface area contributed by atoms with Crippen LogP contribution < -0.4 is 0 Å². The first-order chi connectivity index (χ1) is 13.6. The quantitative estimate of drug-likeness (QED) is 0.444. The van der Waals surface area contributed by atoms with Crippen molar-refractivity contribution in [3.05, 3.63) is 74.8 Å². The van der Waals surface area contributed by atoms with Crippen molar-refractivity contribution in [2.24, 2.45) is 0 Å². The van der Waals surface area contributed by atoms with Crippen molar-refractivity contribution in [2.45, 2.75) is 40.5 Å². The highest BCUT2D eigenvalue weighted by molar-refractivity contribution is 5.59. The summed E-state index contributed by atoms with van der Waals surface area (Å²) in [4.78, 5) is 0. The first-order valence-electron chi connectivity index (χ1n) is 9.42. The molecule has 0 aliphatic carbocycles. The molecule has 3 aromatic carbocycles. The van der Waals surface area contributed by atoms with Gasteiger partial charge in [0.1, 0.15) is 28.7 Å². The van der Waals surface area contributed by atoms with Crippen LogP contribution in [0.3, 0.4) is 0 Å². The number of aryl methyl sites for hydroxylation is 4. The molecule has 0 atom stereocenters. The Labute approximate surface area is 170 Å². The predicted octanol–water partition coefficient (Wildman–Crippen LogP) is 4.63. The molecule has 0 fully saturated rings. The summed E-state index contributed by atoms with van der Waals surface area (Å²) in [5.74, 6) is -0.0806. The summed E-state index contributed by atoms with van der Waals surface area (Å²) in [6.07, 6.45) is 0.501. The maximum absolute atomic E-state index is 10.8. The fourth-order valence-corrected chi connectivity index (χ4v) is 3.78. The van der Waals surface area contributed by atoms with Gasteiger partial charge in [0.25, 0.3) is 0 Å². The molecule has 0 spiro atoms. The Morgan fingerprint density at radius 3 is 1.10 bits per heavy atom. The molecule has 3 rings (SSSR count). The van der Waals surface area contributed by atoms with Gasteiger partial charge in [-0.25, -0.2) is 0 Å². The second-order valence-corrected chi connectivity index (χ2v) is 7.73. The lowest BCUT2D eigenvalue weighted by atomic mass is 9.93. The number of phenolic OH excluding ortho intramolecular Hbond substituents is 5. The molecule has 29 heavy (non-hydrogen) atoms. The topological polar surface area (TPSA) is 101 Å². The van der Waals surface area contributed by atoms with Gasteiger partial charge in [0.05, 0.1) is 0 Å². The standard InChI is InChI=1S/C24H26O5/c1-12-5-16(6-13(2)22(12)27)9-18-20(25)11-21(26)19(24(18)29)10-17-7-14(3)23(28)15(4)8-17/h5-8,11,25-29H,9-10H2,1-4H3. The van der Waals surface area contributed by atoms with Gasteiger partial charge in [-0.3, -0.25) is 0 Å². The summed E-state index contributed by atoms with van der Waals surface area (Å²) in [6.45, 7) is 7.18. The number of phenols is 5. The highest BCUT2D eigenvalue weighted by Crippen LogP contribution is 2.40. The van der Waals surface area contributed by atoms with Crippen LogP contribution in [0.2, 0.25) is 0 Å². The van der Waals surface area contributed by atoms with Crippen molar-refractivity contribution >= 4 is 0 Å². The van der Waals surface area contributed by atoms with Crippen molar-refractivity contribution in [3.8, 4) is 28.7 Å². The lowest BCUT2D eigenvalue weighted by Crippen LogP contribution is -1.98. The van der Waals surface area contributed by atoms with Gasteiger partial charge >= 0.3 is 0 Å². The number of aromatic hydroxyl groups is 5. The summed E-state index contributed by atoms with van der Waals surface area (Å²) in [5, 5.41) is 51.5. The maximum Gasteiger partial charge on any atom is 0.130 e. The van der Waals surface area contributed by atoms with Gasteiger partial charge in [-0.05, 0) is 61.1 Å². The molecular weight excluding hydrogens is 368 g/mol. The van der Waals surface area contributed by atoms with Crippen molar-refractivity contribution in [2.75, 3.05) is 0 Å². The fraction of sp³-hybridized carbons (Fsp3) is 0.250. The van der Waals surface area contributed by atoms with Crippen LogP contribution in [0.4, 0.5) is 0 Å². The van der Waals surface area contributed by atoms with E-state index in [0.717, 1.165) is 11.1 Å². The van der Waals surface area contributed by atoms with E-state index in [0.29, 0.717) is 33.4 Å². The third-order valence-corrected chi connectivity index (χ3v) is 5.33. The fourth-order valence-electron chi connectivity index (χ4n) is 3.78. The lowest BCUT2D eigenvalue weighted by Gasteiger charge is -2.16. The zero-order chi connectivity index (χ0) is 21.5. The van der Waals surface area contributed by atoms with E-state index in [9.17, 15) is 25.5 Å². The van der Waals surface area contributed by atoms with Gasteiger partial charge in [0, 0.05) is 30.0 Å². The van der Waals surface area contributed by atoms with Crippen LogP contribution in [-0.2, 0) is 12.8 Å². The average Bonchev–Trinajstić information content (AvgIpc) is 2.64. The van der Waals surface area contributed by atoms with Crippen LogP contribution in [0.25, 0.3) is 0 Å². The maximum atomic E-state index is 10.8. The minimum absolute atomic E-state index is 0.158. The highest BCUT2D eigenvalue weighted by Gasteiger charge is 2.19. The van der Waals surface area contributed by atoms with Gasteiger partial charge in [-0.2, -0.15) is 0 Å². The average molecular weight is 394 g/mol. The number of rotatable bonds is 4. The van der Waals surface area contributed by atoms with E-state index < -0.39 is 0 Å². The van der Waals surface area contributed by atoms with E-state index >= 15 is 0 Å². The highest BCUT2D eigenvalue weighted by atomic mass is 16.3. The summed E-state index contributed by atoms with van der Waals surface area (Å²) in [5.41, 5.74) is 5.15. The van der Waals surface area contributed by atoms with E-state index in [1.165, 1.54) is 6.07 Å². The van der Waals surface area contributed by atoms with E-state index in [1.807, 2.05) is 0 Å². The Hall–Kier alpha value is -3.34. The molecule has 0 aliphatic rings. The molecule has 5 heteroatoms. The van der Waals surface area contributed by atoms with E-state index in [4.69, 9.17) is 0 Å². The molecule has 0 aliphatic heterocycles. The molecule has 0 amide bonds. The van der Waals surface area contributed by atoms with Crippen molar-refractivity contribution < 1.29 is 25.5 Å². The molecule has 0 heterocycles. The van der Waals surface area contributed by atoms with Crippen LogP contribution in [-0.4, -0.2) is 25.5 Å². The molecule has 0 aromatic heterocycles. The summed E-state index contributed by atoms with van der Waals surface area (Å²) < 4.78 is 0. The van der Waals surface area contributed by atoms with Crippen LogP contribution in [0.5, 0.6) is 28.7 Å². The smallest absolute Gasteiger partial charge is 0.130 e. The van der Waals surface area contributed by atoms with Crippen molar-refractivity contribution in [1.82, 2.24) is 0 Å². The third-order valence-electron chi connectivity index (χ3n) is 5.33. The Kier molecular flexibility index (Phi) is 5.33. The largest absolute Gasteiger partial charge is 0.507 e. The van der Waals surface area contributed by atoms with Gasteiger partial charge in [0.2, 0.25) is 0 Å². The summed E-state index contributed by atoms with van der Waals surface area (Å²) in [6, 6.07) is 8.46. The molecule has 0 bridgehead atoms. The van der Waals surface area contributed by atoms with E-state index in [1.54, 1.807) is 52.0 Å². The van der Waals surface area contributed by atoms with Crippen molar-refractivity contribution in [3.63, 3.8) is 0 Å². The Balaban J connectivity index is 2.03. The van der Waals surface area contributed by atoms with E-state index in [-0.39, 0.29) is 41.6 Å². The number of hydrogen-bond donors (Lipinski definition) is 5. The third kappa shape index (κ3) is 3.94. The number of hydrogen-bond acceptors (Lipinski definition) is 5. The first kappa shape index (κ1) is 20.4. The zero-order valence-corrected chi connectivity index (χ0v) is 17.0. The van der Waals surface area contributed by atoms with Gasteiger partial charge in [0.15, 0.2) is 0 Å². The minimum atomic E-state index is -0.190. The first-order valence-corrected chi connectivity index (χ1v) is 9.42. The van der Waals surface area contributed by atoms with Crippen LogP contribution >= 0.6 is 0 Å². The summed E-state index contributed by atoms with van der Waals surface area (Å²) in [7, 11) is 0. The van der Waals surface area contributed by atoms with Gasteiger partial charge < -0.3 is 25.5 Å². The van der Waals surface area contributed by atoms with E-state index in [2.05, 4.69) is 0 Å². The molecule has 0 saturated carbocycles. The SMILES string of the molecule is Cc1cc(Cc2c(O)cc(O)c(Cc3cc(C)c(O)c(C)c3)c2O)cc(C)c1O. The van der Waals surface area contributed by atoms with Crippen LogP contribution in [0.1, 0.15) is 44.5 Å². The number of benzene rings is 3. The molecule has 0 unspecified atom stereocenters. The normalized spacial score (nSPS) is 11.0. The molecule has 0 radical (unpaired) electrons. The minimum Gasteiger partial charge on any atom is -0.507 e. The molecule has 3 aromatic rings. The summed E-state index contributed by atoms with van der Waals surface area (Å²) >= 11 is 0. The second-order valence-electron chi connectivity index (χ2n) is 7.73. The molecular formula is C24H26O5. The molecule has 5 N–H and O–H groups in total. The zero-order valence-electron chi connectivity index (χ0n) is 17.0. The van der Waals surface area contributed by atoms with Gasteiger partial charge in [-0.15, -0.1) is 0 Å². The van der Waals surface area contributed by atoms with Crippen LogP contribution in [0.15, 0.2) is 30.3 Å². The van der Waals surface area contributed by atoms with Gasteiger partial charge in [-0.1, -0.05) is 24.3 Å². The predicted molar refractivity (Wildman–Crippen MR) is 112 cm³/mol. The monoisotopic (exact) mass is 394 g/mol. The van der Waals surface area contributed by atoms with Crippen LogP contribution in [0, 0.1) is 27.7 Å². The molecule has 0 saturated heterocycles. The second kappa shape index (κ2) is 7.59. The lowest BCUT2D eigenvalue weighted by molar-refractivity contribution is 0.413.